The number of hydrogen-bond acceptors (Lipinski definition) is 6. The zero-order valence-electron chi connectivity index (χ0n) is 16.1. The van der Waals surface area contributed by atoms with Gasteiger partial charge in [0.1, 0.15) is 11.6 Å². The number of carbonyl (C=O) groups is 1. The minimum atomic E-state index is -0.341. The van der Waals surface area contributed by atoms with Gasteiger partial charge < -0.3 is 10.1 Å². The molecule has 0 saturated carbocycles. The number of nitrogens with one attached hydrogen (secondary N) is 2. The maximum absolute atomic E-state index is 13.0. The number of anilines is 2. The minimum Gasteiger partial charge on any atom is -0.497 e. The molecular formula is C21H21FN4O3. The molecule has 2 N–H and O–H groups in total. The van der Waals surface area contributed by atoms with Gasteiger partial charge in [-0.05, 0) is 66.4 Å². The Kier molecular flexibility index (Phi) is 6.70. The molecule has 1 amide bonds. The van der Waals surface area contributed by atoms with Gasteiger partial charge in [-0.3, -0.25) is 9.63 Å². The molecule has 0 fully saturated rings. The molecule has 3 rings (SSSR count). The summed E-state index contributed by atoms with van der Waals surface area (Å²) in [7, 11) is 2.94. The molecule has 0 saturated heterocycles. The Morgan fingerprint density at radius 3 is 2.34 bits per heavy atom. The van der Waals surface area contributed by atoms with Crippen LogP contribution in [0.25, 0.3) is 0 Å². The number of rotatable bonds is 8. The molecule has 1 aromatic heterocycles. The minimum absolute atomic E-state index is 0.299. The second-order valence-electron chi connectivity index (χ2n) is 6.25. The van der Waals surface area contributed by atoms with Crippen LogP contribution in [0, 0.1) is 5.82 Å². The highest BCUT2D eigenvalue weighted by atomic mass is 19.1. The molecule has 29 heavy (non-hydrogen) atoms. The number of aryl methyl sites for hydroxylation is 2. The lowest BCUT2D eigenvalue weighted by molar-refractivity contribution is 0.0537. The number of methoxy groups -OCH3 is 1. The third kappa shape index (κ3) is 5.73. The van der Waals surface area contributed by atoms with E-state index in [1.54, 1.807) is 43.8 Å². The molecular weight excluding hydrogens is 375 g/mol. The summed E-state index contributed by atoms with van der Waals surface area (Å²) >= 11 is 0. The Morgan fingerprint density at radius 1 is 1.00 bits per heavy atom. The fourth-order valence-electron chi connectivity index (χ4n) is 2.71. The van der Waals surface area contributed by atoms with Gasteiger partial charge in [0.15, 0.2) is 0 Å². The Hall–Kier alpha value is -3.52. The van der Waals surface area contributed by atoms with Crippen molar-refractivity contribution in [2.45, 2.75) is 12.8 Å². The molecule has 8 heteroatoms. The van der Waals surface area contributed by atoms with Gasteiger partial charge in [-0.1, -0.05) is 0 Å². The van der Waals surface area contributed by atoms with Gasteiger partial charge >= 0.3 is 0 Å². The van der Waals surface area contributed by atoms with Crippen LogP contribution in [-0.2, 0) is 17.7 Å². The van der Waals surface area contributed by atoms with Crippen LogP contribution in [0.3, 0.4) is 0 Å². The van der Waals surface area contributed by atoms with E-state index in [-0.39, 0.29) is 11.7 Å². The van der Waals surface area contributed by atoms with Crippen LogP contribution in [0.5, 0.6) is 5.75 Å². The predicted octanol–water partition coefficient (Wildman–Crippen LogP) is 3.44. The highest BCUT2D eigenvalue weighted by Gasteiger charge is 2.09. The zero-order chi connectivity index (χ0) is 20.6. The van der Waals surface area contributed by atoms with Gasteiger partial charge in [0.05, 0.1) is 14.2 Å². The number of hydroxylamine groups is 1. The summed E-state index contributed by atoms with van der Waals surface area (Å²) in [5.41, 5.74) is 5.35. The topological polar surface area (TPSA) is 85.4 Å². The van der Waals surface area contributed by atoms with Gasteiger partial charge in [0.2, 0.25) is 5.95 Å². The Labute approximate surface area is 167 Å². The number of halogens is 1. The van der Waals surface area contributed by atoms with E-state index in [9.17, 15) is 9.18 Å². The van der Waals surface area contributed by atoms with Crippen molar-refractivity contribution in [3.63, 3.8) is 0 Å². The number of ether oxygens (including phenoxy) is 1. The second-order valence-corrected chi connectivity index (χ2v) is 6.25. The second kappa shape index (κ2) is 9.61. The molecule has 0 aliphatic rings. The first-order chi connectivity index (χ1) is 14.1. The number of hydrogen-bond donors (Lipinski definition) is 2. The highest BCUT2D eigenvalue weighted by Crippen LogP contribution is 2.19. The fourth-order valence-corrected chi connectivity index (χ4v) is 2.71. The molecule has 0 unspecified atom stereocenters. The first-order valence-corrected chi connectivity index (χ1v) is 8.92. The van der Waals surface area contributed by atoms with Gasteiger partial charge in [0.25, 0.3) is 5.91 Å². The van der Waals surface area contributed by atoms with E-state index in [1.807, 2.05) is 6.07 Å². The van der Waals surface area contributed by atoms with Crippen molar-refractivity contribution in [1.29, 1.82) is 0 Å². The number of aromatic nitrogens is 2. The van der Waals surface area contributed by atoms with Crippen LogP contribution in [0.15, 0.2) is 54.9 Å². The van der Waals surface area contributed by atoms with Crippen molar-refractivity contribution < 1.29 is 18.8 Å². The van der Waals surface area contributed by atoms with Gasteiger partial charge in [-0.25, -0.2) is 19.8 Å². The van der Waals surface area contributed by atoms with Crippen LogP contribution in [0.1, 0.15) is 21.5 Å². The van der Waals surface area contributed by atoms with Crippen LogP contribution in [-0.4, -0.2) is 30.1 Å². The molecule has 0 aliphatic carbocycles. The average Bonchev–Trinajstić information content (AvgIpc) is 2.75. The number of benzene rings is 2. The molecule has 0 radical (unpaired) electrons. The van der Waals surface area contributed by atoms with E-state index in [1.165, 1.54) is 19.2 Å². The molecule has 2 aromatic carbocycles. The van der Waals surface area contributed by atoms with Crippen molar-refractivity contribution in [3.8, 4) is 5.75 Å². The van der Waals surface area contributed by atoms with Crippen LogP contribution in [0.4, 0.5) is 16.0 Å². The van der Waals surface area contributed by atoms with Crippen molar-refractivity contribution in [3.05, 3.63) is 77.4 Å². The molecule has 150 valence electrons. The number of amides is 1. The third-order valence-corrected chi connectivity index (χ3v) is 4.17. The summed E-state index contributed by atoms with van der Waals surface area (Å²) < 4.78 is 18.2. The van der Waals surface area contributed by atoms with Crippen molar-refractivity contribution >= 4 is 17.5 Å². The smallest absolute Gasteiger partial charge is 0.274 e. The maximum atomic E-state index is 13.0. The highest BCUT2D eigenvalue weighted by molar-refractivity contribution is 5.94. The van der Waals surface area contributed by atoms with Crippen LogP contribution in [0.2, 0.25) is 0 Å². The van der Waals surface area contributed by atoms with Crippen molar-refractivity contribution in [2.24, 2.45) is 0 Å². The molecule has 0 spiro atoms. The SMILES string of the molecule is CONC(=O)c1cc(CCc2cnc(Nc3ccc(F)cc3)nc2)cc(OC)c1. The predicted molar refractivity (Wildman–Crippen MR) is 107 cm³/mol. The normalized spacial score (nSPS) is 10.4. The monoisotopic (exact) mass is 396 g/mol. The quantitative estimate of drug-likeness (QED) is 0.568. The molecule has 1 heterocycles. The lowest BCUT2D eigenvalue weighted by atomic mass is 10.0. The van der Waals surface area contributed by atoms with Crippen LogP contribution >= 0.6 is 0 Å². The molecule has 3 aromatic rings. The van der Waals surface area contributed by atoms with Crippen LogP contribution < -0.4 is 15.5 Å². The summed E-state index contributed by atoms with van der Waals surface area (Å²) in [6.07, 6.45) is 4.84. The van der Waals surface area contributed by atoms with E-state index < -0.39 is 0 Å². The fraction of sp³-hybridized carbons (Fsp3) is 0.190. The zero-order valence-corrected chi connectivity index (χ0v) is 16.1. The van der Waals surface area contributed by atoms with E-state index in [2.05, 4.69) is 25.6 Å². The number of carbonyl (C=O) groups excluding carboxylic acids is 1. The third-order valence-electron chi connectivity index (χ3n) is 4.17. The summed E-state index contributed by atoms with van der Waals surface area (Å²) in [4.78, 5) is 25.3. The van der Waals surface area contributed by atoms with Crippen molar-refractivity contribution in [2.75, 3.05) is 19.5 Å². The number of nitrogens with zero attached hydrogens (tertiary/aromatic N) is 2. The standard InChI is InChI=1S/C21H21FN4O3/c1-28-19-10-14(9-16(11-19)20(27)26-29-2)3-4-15-12-23-21(24-13-15)25-18-7-5-17(22)6-8-18/h5-13H,3-4H2,1-2H3,(H,26,27)(H,23,24,25). The first kappa shape index (κ1) is 20.2. The molecule has 7 nitrogen and oxygen atoms in total. The Balaban J connectivity index is 1.64. The van der Waals surface area contributed by atoms with E-state index in [0.717, 1.165) is 11.1 Å². The Morgan fingerprint density at radius 2 is 1.69 bits per heavy atom. The summed E-state index contributed by atoms with van der Waals surface area (Å²) in [6.45, 7) is 0. The molecule has 0 atom stereocenters. The maximum Gasteiger partial charge on any atom is 0.274 e. The van der Waals surface area contributed by atoms with Gasteiger partial charge in [0, 0.05) is 23.6 Å². The van der Waals surface area contributed by atoms with E-state index >= 15 is 0 Å². The van der Waals surface area contributed by atoms with Crippen molar-refractivity contribution in [1.82, 2.24) is 15.4 Å². The van der Waals surface area contributed by atoms with E-state index in [4.69, 9.17) is 4.74 Å². The summed E-state index contributed by atoms with van der Waals surface area (Å²) in [5, 5.41) is 3.02. The summed E-state index contributed by atoms with van der Waals surface area (Å²) in [6, 6.07) is 11.3. The lowest BCUT2D eigenvalue weighted by Gasteiger charge is -2.09. The summed E-state index contributed by atoms with van der Waals surface area (Å²) in [5.74, 6) is 0.388. The van der Waals surface area contributed by atoms with Gasteiger partial charge in [-0.15, -0.1) is 0 Å². The molecule has 0 bridgehead atoms. The Bertz CT molecular complexity index is 963. The average molecular weight is 396 g/mol. The lowest BCUT2D eigenvalue weighted by Crippen LogP contribution is -2.22. The van der Waals surface area contributed by atoms with E-state index in [0.29, 0.717) is 35.8 Å². The van der Waals surface area contributed by atoms with Gasteiger partial charge in [-0.2, -0.15) is 0 Å². The largest absolute Gasteiger partial charge is 0.497 e. The molecule has 0 aliphatic heterocycles. The first-order valence-electron chi connectivity index (χ1n) is 8.92.